The highest BCUT2D eigenvalue weighted by atomic mass is 16.5. The second-order valence-electron chi connectivity index (χ2n) is 8.02. The Bertz CT molecular complexity index is 1080. The van der Waals surface area contributed by atoms with Crippen LogP contribution in [-0.2, 0) is 16.0 Å². The van der Waals surface area contributed by atoms with Crippen molar-refractivity contribution in [1.82, 2.24) is 5.32 Å². The van der Waals surface area contributed by atoms with Gasteiger partial charge < -0.3 is 19.9 Å². The number of carbonyl (C=O) groups is 2. The van der Waals surface area contributed by atoms with E-state index < -0.39 is 18.0 Å². The molecule has 0 radical (unpaired) electrons. The monoisotopic (exact) mass is 445 g/mol. The van der Waals surface area contributed by atoms with Gasteiger partial charge in [-0.1, -0.05) is 60.7 Å². The Morgan fingerprint density at radius 2 is 1.55 bits per heavy atom. The molecule has 4 rings (SSSR count). The number of carboxylic acids is 1. The number of fused-ring (bicyclic) bond motifs is 3. The van der Waals surface area contributed by atoms with Crippen LogP contribution in [0, 0.1) is 5.92 Å². The molecule has 0 aromatic heterocycles. The number of aliphatic carboxylic acids is 1. The van der Waals surface area contributed by atoms with Crippen LogP contribution in [0.1, 0.15) is 29.5 Å². The van der Waals surface area contributed by atoms with Crippen molar-refractivity contribution in [2.75, 3.05) is 19.8 Å². The Morgan fingerprint density at radius 3 is 2.12 bits per heavy atom. The molecule has 1 aliphatic rings. The van der Waals surface area contributed by atoms with Gasteiger partial charge in [-0.05, 0) is 53.3 Å². The average molecular weight is 446 g/mol. The van der Waals surface area contributed by atoms with Gasteiger partial charge in [0.05, 0.1) is 12.5 Å². The molecule has 0 heterocycles. The Balaban J connectivity index is 1.33. The summed E-state index contributed by atoms with van der Waals surface area (Å²) in [5, 5.41) is 12.2. The average Bonchev–Trinajstić information content (AvgIpc) is 3.15. The fourth-order valence-corrected chi connectivity index (χ4v) is 4.28. The Kier molecular flexibility index (Phi) is 6.93. The summed E-state index contributed by atoms with van der Waals surface area (Å²) in [5.74, 6) is -1.03. The van der Waals surface area contributed by atoms with E-state index >= 15 is 0 Å². The molecule has 0 saturated carbocycles. The van der Waals surface area contributed by atoms with E-state index in [1.165, 1.54) is 0 Å². The number of carboxylic acid groups (broad SMARTS) is 1. The molecule has 1 aliphatic carbocycles. The highest BCUT2D eigenvalue weighted by Crippen LogP contribution is 2.44. The number of benzene rings is 3. The van der Waals surface area contributed by atoms with Crippen LogP contribution >= 0.6 is 0 Å². The second-order valence-corrected chi connectivity index (χ2v) is 8.02. The maximum absolute atomic E-state index is 12.4. The fraction of sp³-hybridized carbons (Fsp3) is 0.259. The summed E-state index contributed by atoms with van der Waals surface area (Å²) in [4.78, 5) is 24.1. The molecule has 0 spiro atoms. The normalized spacial score (nSPS) is 13.0. The minimum atomic E-state index is -0.970. The molecular weight excluding hydrogens is 418 g/mol. The molecule has 0 aliphatic heterocycles. The number of hydrogen-bond acceptors (Lipinski definition) is 4. The van der Waals surface area contributed by atoms with E-state index in [1.54, 1.807) is 0 Å². The molecule has 6 heteroatoms. The first-order valence-corrected chi connectivity index (χ1v) is 11.1. The summed E-state index contributed by atoms with van der Waals surface area (Å²) >= 11 is 0. The van der Waals surface area contributed by atoms with Crippen molar-refractivity contribution in [2.24, 2.45) is 5.92 Å². The minimum absolute atomic E-state index is 0.0147. The van der Waals surface area contributed by atoms with Crippen molar-refractivity contribution in [2.45, 2.75) is 19.3 Å². The van der Waals surface area contributed by atoms with Gasteiger partial charge in [0.2, 0.25) is 0 Å². The van der Waals surface area contributed by atoms with Crippen LogP contribution in [-0.4, -0.2) is 36.9 Å². The van der Waals surface area contributed by atoms with Gasteiger partial charge in [0.25, 0.3) is 0 Å². The lowest BCUT2D eigenvalue weighted by Crippen LogP contribution is -2.35. The lowest BCUT2D eigenvalue weighted by molar-refractivity contribution is -0.141. The molecule has 3 aromatic carbocycles. The molecule has 2 N–H and O–H groups in total. The third kappa shape index (κ3) is 5.17. The zero-order valence-electron chi connectivity index (χ0n) is 18.5. The SMILES string of the molecule is CCOc1ccc(CC(CNC(=O)OCC2c3ccccc3-c3ccccc32)C(=O)O)cc1. The highest BCUT2D eigenvalue weighted by molar-refractivity contribution is 5.79. The van der Waals surface area contributed by atoms with E-state index in [4.69, 9.17) is 9.47 Å². The van der Waals surface area contributed by atoms with E-state index in [-0.39, 0.29) is 19.1 Å². The van der Waals surface area contributed by atoms with Crippen LogP contribution in [0.15, 0.2) is 72.8 Å². The quantitative estimate of drug-likeness (QED) is 0.491. The van der Waals surface area contributed by atoms with E-state index in [2.05, 4.69) is 29.6 Å². The Morgan fingerprint density at radius 1 is 0.939 bits per heavy atom. The molecular formula is C27H27NO5. The maximum Gasteiger partial charge on any atom is 0.407 e. The van der Waals surface area contributed by atoms with Crippen molar-refractivity contribution >= 4 is 12.1 Å². The molecule has 1 unspecified atom stereocenters. The Hall–Kier alpha value is -3.80. The number of alkyl carbamates (subject to hydrolysis) is 1. The van der Waals surface area contributed by atoms with Crippen LogP contribution in [0.25, 0.3) is 11.1 Å². The maximum atomic E-state index is 12.4. The van der Waals surface area contributed by atoms with Gasteiger partial charge >= 0.3 is 12.1 Å². The predicted molar refractivity (Wildman–Crippen MR) is 126 cm³/mol. The van der Waals surface area contributed by atoms with Crippen molar-refractivity contribution in [1.29, 1.82) is 0 Å². The van der Waals surface area contributed by atoms with Gasteiger partial charge in [-0.3, -0.25) is 4.79 Å². The molecule has 0 bridgehead atoms. The summed E-state index contributed by atoms with van der Waals surface area (Å²) in [7, 11) is 0. The van der Waals surface area contributed by atoms with E-state index in [0.29, 0.717) is 13.0 Å². The van der Waals surface area contributed by atoms with Gasteiger partial charge in [0, 0.05) is 12.5 Å². The van der Waals surface area contributed by atoms with E-state index in [0.717, 1.165) is 33.6 Å². The van der Waals surface area contributed by atoms with Crippen LogP contribution < -0.4 is 10.1 Å². The third-order valence-corrected chi connectivity index (χ3v) is 5.90. The lowest BCUT2D eigenvalue weighted by atomic mass is 9.98. The summed E-state index contributed by atoms with van der Waals surface area (Å²) < 4.78 is 10.9. The first-order chi connectivity index (χ1) is 16.1. The topological polar surface area (TPSA) is 84.9 Å². The van der Waals surface area contributed by atoms with Crippen molar-refractivity contribution in [3.05, 3.63) is 89.5 Å². The van der Waals surface area contributed by atoms with Crippen LogP contribution in [0.2, 0.25) is 0 Å². The fourth-order valence-electron chi connectivity index (χ4n) is 4.28. The number of carbonyl (C=O) groups excluding carboxylic acids is 1. The van der Waals surface area contributed by atoms with Crippen LogP contribution in [0.3, 0.4) is 0 Å². The van der Waals surface area contributed by atoms with Crippen molar-refractivity contribution in [3.63, 3.8) is 0 Å². The zero-order chi connectivity index (χ0) is 23.2. The number of amides is 1. The van der Waals surface area contributed by atoms with Crippen molar-refractivity contribution < 1.29 is 24.2 Å². The number of rotatable bonds is 9. The van der Waals surface area contributed by atoms with Crippen LogP contribution in [0.4, 0.5) is 4.79 Å². The van der Waals surface area contributed by atoms with Gasteiger partial charge in [-0.15, -0.1) is 0 Å². The first-order valence-electron chi connectivity index (χ1n) is 11.1. The minimum Gasteiger partial charge on any atom is -0.494 e. The summed E-state index contributed by atoms with van der Waals surface area (Å²) in [6.07, 6.45) is -0.319. The predicted octanol–water partition coefficient (Wildman–Crippen LogP) is 4.87. The molecule has 3 aromatic rings. The van der Waals surface area contributed by atoms with E-state index in [9.17, 15) is 14.7 Å². The zero-order valence-corrected chi connectivity index (χ0v) is 18.5. The highest BCUT2D eigenvalue weighted by Gasteiger charge is 2.29. The van der Waals surface area contributed by atoms with Crippen LogP contribution in [0.5, 0.6) is 5.75 Å². The molecule has 6 nitrogen and oxygen atoms in total. The number of ether oxygens (including phenoxy) is 2. The smallest absolute Gasteiger partial charge is 0.407 e. The molecule has 170 valence electrons. The molecule has 33 heavy (non-hydrogen) atoms. The third-order valence-electron chi connectivity index (χ3n) is 5.90. The van der Waals surface area contributed by atoms with Gasteiger partial charge in [-0.2, -0.15) is 0 Å². The summed E-state index contributed by atoms with van der Waals surface area (Å²) in [5.41, 5.74) is 5.43. The van der Waals surface area contributed by atoms with E-state index in [1.807, 2.05) is 55.5 Å². The number of hydrogen-bond donors (Lipinski definition) is 2. The van der Waals surface area contributed by atoms with Gasteiger partial charge in [0.15, 0.2) is 0 Å². The Labute approximate surface area is 193 Å². The number of nitrogens with one attached hydrogen (secondary N) is 1. The van der Waals surface area contributed by atoms with Gasteiger partial charge in [0.1, 0.15) is 12.4 Å². The summed E-state index contributed by atoms with van der Waals surface area (Å²) in [6.45, 7) is 2.65. The molecule has 0 saturated heterocycles. The molecule has 0 fully saturated rings. The molecule has 1 atom stereocenters. The standard InChI is InChI=1S/C27H27NO5/c1-2-32-20-13-11-18(12-14-20)15-19(26(29)30)16-28-27(31)33-17-25-23-9-5-3-7-21(23)22-8-4-6-10-24(22)25/h3-14,19,25H,2,15-17H2,1H3,(H,28,31)(H,29,30). The lowest BCUT2D eigenvalue weighted by Gasteiger charge is -2.16. The largest absolute Gasteiger partial charge is 0.494 e. The molecule has 1 amide bonds. The van der Waals surface area contributed by atoms with Crippen molar-refractivity contribution in [3.8, 4) is 16.9 Å². The second kappa shape index (κ2) is 10.2. The van der Waals surface area contributed by atoms with Gasteiger partial charge in [-0.25, -0.2) is 4.79 Å². The summed E-state index contributed by atoms with van der Waals surface area (Å²) in [6, 6.07) is 23.5. The first kappa shape index (κ1) is 22.4.